The first kappa shape index (κ1) is 20.5. The number of hydrogen-bond donors (Lipinski definition) is 4. The molecule has 2 saturated heterocycles. The lowest BCUT2D eigenvalue weighted by Gasteiger charge is -2.30. The van der Waals surface area contributed by atoms with Crippen LogP contribution < -0.4 is 11.1 Å². The zero-order valence-corrected chi connectivity index (χ0v) is 14.2. The molecule has 0 spiro atoms. The molecule has 0 aromatic rings. The van der Waals surface area contributed by atoms with E-state index in [0.29, 0.717) is 5.06 Å². The molecule has 2 aliphatic heterocycles. The van der Waals surface area contributed by atoms with Crippen LogP contribution in [0.25, 0.3) is 0 Å². The number of carbonyl (C=O) groups excluding carboxylic acids is 3. The maximum Gasteiger partial charge on any atom is 0.348 e. The quantitative estimate of drug-likeness (QED) is 0.375. The van der Waals surface area contributed by atoms with Crippen LogP contribution in [0, 0.1) is 5.92 Å². The zero-order valence-electron chi connectivity index (χ0n) is 14.2. The summed E-state index contributed by atoms with van der Waals surface area (Å²) in [5, 5.41) is 22.1. The van der Waals surface area contributed by atoms with Gasteiger partial charge in [-0.25, -0.2) is 14.0 Å². The number of esters is 1. The summed E-state index contributed by atoms with van der Waals surface area (Å²) < 4.78 is 23.5. The van der Waals surface area contributed by atoms with Crippen molar-refractivity contribution >= 4 is 17.9 Å². The van der Waals surface area contributed by atoms with Crippen molar-refractivity contribution < 1.29 is 43.3 Å². The van der Waals surface area contributed by atoms with E-state index in [0.717, 1.165) is 0 Å². The number of carbonyl (C=O) groups is 3. The first-order chi connectivity index (χ1) is 12.1. The number of aliphatic hydroxyl groups excluding tert-OH is 2. The van der Waals surface area contributed by atoms with Crippen LogP contribution in [0.4, 0.5) is 9.18 Å². The third-order valence-electron chi connectivity index (χ3n) is 4.00. The van der Waals surface area contributed by atoms with Gasteiger partial charge < -0.3 is 25.4 Å². The van der Waals surface area contributed by atoms with Crippen molar-refractivity contribution in [3.63, 3.8) is 0 Å². The van der Waals surface area contributed by atoms with Crippen LogP contribution in [-0.2, 0) is 23.9 Å². The molecule has 2 heterocycles. The van der Waals surface area contributed by atoms with Gasteiger partial charge in [0.1, 0.15) is 31.0 Å². The molecular formula is C14H22FN3O8. The van der Waals surface area contributed by atoms with Crippen molar-refractivity contribution in [3.05, 3.63) is 0 Å². The second-order valence-electron chi connectivity index (χ2n) is 6.35. The predicted octanol–water partition coefficient (Wildman–Crippen LogP) is -2.22. The van der Waals surface area contributed by atoms with Crippen LogP contribution in [0.5, 0.6) is 0 Å². The van der Waals surface area contributed by atoms with Crippen LogP contribution in [0.2, 0.25) is 0 Å². The normalized spacial score (nSPS) is 33.3. The summed E-state index contributed by atoms with van der Waals surface area (Å²) in [6, 6.07) is -1.89. The van der Waals surface area contributed by atoms with Gasteiger partial charge in [-0.1, -0.05) is 13.8 Å². The number of aliphatic hydroxyl groups is 2. The minimum absolute atomic E-state index is 0.160. The lowest BCUT2D eigenvalue weighted by Crippen LogP contribution is -2.57. The third kappa shape index (κ3) is 4.45. The molecule has 6 unspecified atom stereocenters. The Balaban J connectivity index is 1.89. The minimum Gasteiger partial charge on any atom is -0.462 e. The van der Waals surface area contributed by atoms with E-state index in [1.807, 2.05) is 0 Å². The first-order valence-corrected chi connectivity index (χ1v) is 7.98. The Morgan fingerprint density at radius 2 is 2.08 bits per heavy atom. The van der Waals surface area contributed by atoms with Gasteiger partial charge in [0, 0.05) is 0 Å². The number of urea groups is 1. The number of hydroxylamine groups is 2. The number of rotatable bonds is 6. The highest BCUT2D eigenvalue weighted by Gasteiger charge is 2.47. The Labute approximate surface area is 148 Å². The van der Waals surface area contributed by atoms with Crippen molar-refractivity contribution in [2.24, 2.45) is 11.7 Å². The zero-order chi connectivity index (χ0) is 19.6. The number of ether oxygens (including phenoxy) is 2. The van der Waals surface area contributed by atoms with Gasteiger partial charge in [-0.2, -0.15) is 5.06 Å². The Bertz CT molecular complexity index is 562. The number of nitrogens with one attached hydrogen (secondary N) is 1. The molecule has 0 bridgehead atoms. The number of halogens is 1. The molecule has 0 aliphatic carbocycles. The van der Waals surface area contributed by atoms with Crippen molar-refractivity contribution in [2.45, 2.75) is 50.7 Å². The standard InChI is InChI=1S/C14H22FN3O8/c1-5(2)8(16)12(22)24-4-7-9(19)10(20)13(25-7)26-18-3-6(15)11(21)17-14(18)23/h5-10,13,19-20H,3-4,16H2,1-2H3,(H,17,21,23). The Kier molecular flexibility index (Phi) is 6.47. The molecular weight excluding hydrogens is 357 g/mol. The average molecular weight is 379 g/mol. The topological polar surface area (TPSA) is 161 Å². The second-order valence-corrected chi connectivity index (χ2v) is 6.35. The molecule has 12 heteroatoms. The number of alkyl halides is 1. The van der Waals surface area contributed by atoms with Crippen LogP contribution in [0.3, 0.4) is 0 Å². The van der Waals surface area contributed by atoms with E-state index >= 15 is 0 Å². The molecule has 2 fully saturated rings. The predicted molar refractivity (Wildman–Crippen MR) is 80.7 cm³/mol. The van der Waals surface area contributed by atoms with Gasteiger partial charge in [0.05, 0.1) is 6.54 Å². The van der Waals surface area contributed by atoms with Crippen LogP contribution in [0.15, 0.2) is 0 Å². The highest BCUT2D eigenvalue weighted by atomic mass is 19.1. The number of nitrogens with zero attached hydrogens (tertiary/aromatic N) is 1. The van der Waals surface area contributed by atoms with Crippen LogP contribution in [-0.4, -0.2) is 83.2 Å². The highest BCUT2D eigenvalue weighted by Crippen LogP contribution is 2.24. The molecule has 3 amide bonds. The highest BCUT2D eigenvalue weighted by molar-refractivity contribution is 5.98. The molecule has 0 aromatic carbocycles. The van der Waals surface area contributed by atoms with Crippen LogP contribution >= 0.6 is 0 Å². The average Bonchev–Trinajstić information content (AvgIpc) is 2.84. The second kappa shape index (κ2) is 8.22. The first-order valence-electron chi connectivity index (χ1n) is 7.98. The molecule has 11 nitrogen and oxygen atoms in total. The number of imide groups is 1. The fraction of sp³-hybridized carbons (Fsp3) is 0.786. The molecule has 2 rings (SSSR count). The summed E-state index contributed by atoms with van der Waals surface area (Å²) in [7, 11) is 0. The summed E-state index contributed by atoms with van der Waals surface area (Å²) in [5.74, 6) is -1.97. The maximum absolute atomic E-state index is 13.4. The largest absolute Gasteiger partial charge is 0.462 e. The molecule has 0 aromatic heterocycles. The van der Waals surface area contributed by atoms with Crippen LogP contribution in [0.1, 0.15) is 13.8 Å². The number of amides is 3. The van der Waals surface area contributed by atoms with Crippen molar-refractivity contribution in [1.29, 1.82) is 0 Å². The molecule has 2 aliphatic rings. The Morgan fingerprint density at radius 3 is 2.69 bits per heavy atom. The summed E-state index contributed by atoms with van der Waals surface area (Å²) in [6.07, 6.45) is -7.77. The van der Waals surface area contributed by atoms with Crippen molar-refractivity contribution in [1.82, 2.24) is 10.4 Å². The van der Waals surface area contributed by atoms with Gasteiger partial charge in [-0.05, 0) is 5.92 Å². The monoisotopic (exact) mass is 379 g/mol. The van der Waals surface area contributed by atoms with Gasteiger partial charge >= 0.3 is 12.0 Å². The SMILES string of the molecule is CC(C)C(N)C(=O)OCC1OC(ON2CC(F)C(=O)NC2=O)C(O)C1O. The van der Waals surface area contributed by atoms with E-state index in [2.05, 4.69) is 0 Å². The van der Waals surface area contributed by atoms with E-state index in [-0.39, 0.29) is 5.92 Å². The van der Waals surface area contributed by atoms with E-state index in [1.165, 1.54) is 0 Å². The molecule has 0 radical (unpaired) electrons. The molecule has 148 valence electrons. The van der Waals surface area contributed by atoms with E-state index in [4.69, 9.17) is 20.0 Å². The molecule has 0 saturated carbocycles. The fourth-order valence-corrected chi connectivity index (χ4v) is 2.25. The number of hydrogen-bond acceptors (Lipinski definition) is 9. The lowest BCUT2D eigenvalue weighted by molar-refractivity contribution is -0.274. The summed E-state index contributed by atoms with van der Waals surface area (Å²) in [5.41, 5.74) is 5.63. The van der Waals surface area contributed by atoms with E-state index in [1.54, 1.807) is 19.2 Å². The van der Waals surface area contributed by atoms with Gasteiger partial charge in [0.2, 0.25) is 6.29 Å². The van der Waals surface area contributed by atoms with E-state index in [9.17, 15) is 29.0 Å². The Morgan fingerprint density at radius 1 is 1.42 bits per heavy atom. The van der Waals surface area contributed by atoms with Gasteiger partial charge in [0.15, 0.2) is 6.17 Å². The smallest absolute Gasteiger partial charge is 0.348 e. The maximum atomic E-state index is 13.4. The van der Waals surface area contributed by atoms with Gasteiger partial charge in [0.25, 0.3) is 5.91 Å². The minimum atomic E-state index is -2.01. The van der Waals surface area contributed by atoms with Gasteiger partial charge in [-0.15, -0.1) is 0 Å². The molecule has 26 heavy (non-hydrogen) atoms. The summed E-state index contributed by atoms with van der Waals surface area (Å²) in [4.78, 5) is 39.4. The number of nitrogens with two attached hydrogens (primary N) is 1. The lowest BCUT2D eigenvalue weighted by atomic mass is 10.1. The Hall–Kier alpha value is -1.86. The van der Waals surface area contributed by atoms with Crippen molar-refractivity contribution in [2.75, 3.05) is 13.2 Å². The summed E-state index contributed by atoms with van der Waals surface area (Å²) >= 11 is 0. The van der Waals surface area contributed by atoms with Crippen molar-refractivity contribution in [3.8, 4) is 0 Å². The molecule has 5 N–H and O–H groups in total. The van der Waals surface area contributed by atoms with Gasteiger partial charge in [-0.3, -0.25) is 14.9 Å². The third-order valence-corrected chi connectivity index (χ3v) is 4.00. The fourth-order valence-electron chi connectivity index (χ4n) is 2.25. The summed E-state index contributed by atoms with van der Waals surface area (Å²) in [6.45, 7) is 2.35. The molecule has 6 atom stereocenters. The van der Waals surface area contributed by atoms with E-state index < -0.39 is 67.9 Å².